The Labute approximate surface area is 248 Å². The number of benzene rings is 3. The van der Waals surface area contributed by atoms with Crippen LogP contribution in [0, 0.1) is 0 Å². The van der Waals surface area contributed by atoms with Crippen molar-refractivity contribution in [2.24, 2.45) is 0 Å². The quantitative estimate of drug-likeness (QED) is 0.287. The van der Waals surface area contributed by atoms with Gasteiger partial charge in [0.25, 0.3) is 10.0 Å². The largest absolute Gasteiger partial charge is 0.497 e. The fourth-order valence-electron chi connectivity index (χ4n) is 4.08. The molecule has 0 bridgehead atoms. The summed E-state index contributed by atoms with van der Waals surface area (Å²) < 4.78 is 74.5. The van der Waals surface area contributed by atoms with Crippen LogP contribution in [0.15, 0.2) is 77.7 Å². The van der Waals surface area contributed by atoms with Crippen molar-refractivity contribution in [3.8, 4) is 5.75 Å². The van der Waals surface area contributed by atoms with E-state index in [1.165, 1.54) is 43.2 Å². The van der Waals surface area contributed by atoms with Crippen LogP contribution >= 0.6 is 11.6 Å². The average molecular weight is 626 g/mol. The molecule has 0 saturated carbocycles. The molecule has 8 nitrogen and oxygen atoms in total. The lowest BCUT2D eigenvalue weighted by Gasteiger charge is -2.32. The molecule has 3 aromatic carbocycles. The smallest absolute Gasteiger partial charge is 0.417 e. The number of hydrogen-bond acceptors (Lipinski definition) is 5. The molecule has 226 valence electrons. The van der Waals surface area contributed by atoms with E-state index in [1.54, 1.807) is 30.3 Å². The minimum Gasteiger partial charge on any atom is -0.497 e. The fourth-order valence-corrected chi connectivity index (χ4v) is 5.73. The van der Waals surface area contributed by atoms with Gasteiger partial charge in [-0.2, -0.15) is 13.2 Å². The Balaban J connectivity index is 2.10. The van der Waals surface area contributed by atoms with Gasteiger partial charge in [0, 0.05) is 13.1 Å². The molecule has 0 heterocycles. The number of alkyl halides is 3. The normalized spacial score (nSPS) is 12.4. The number of hydrogen-bond donors (Lipinski definition) is 1. The second-order valence-corrected chi connectivity index (χ2v) is 11.6. The van der Waals surface area contributed by atoms with Gasteiger partial charge in [-0.05, 0) is 61.4 Å². The number of methoxy groups -OCH3 is 1. The van der Waals surface area contributed by atoms with Crippen LogP contribution in [-0.4, -0.2) is 51.4 Å². The highest BCUT2D eigenvalue weighted by Gasteiger charge is 2.37. The van der Waals surface area contributed by atoms with Gasteiger partial charge >= 0.3 is 6.18 Å². The standard InChI is InChI=1S/C29H31ClF3N3O5S/c1-4-15-34-28(38)20(2)35(18-21-9-8-10-23(16-21)41-3)27(37)19-36(42(39,40)24-11-6-5-7-12-24)22-13-14-26(30)25(17-22)29(31,32)33/h5-14,16-17,20H,4,15,18-19H2,1-3H3,(H,34,38). The highest BCUT2D eigenvalue weighted by molar-refractivity contribution is 7.92. The summed E-state index contributed by atoms with van der Waals surface area (Å²) in [4.78, 5) is 27.8. The zero-order chi connectivity index (χ0) is 31.1. The van der Waals surface area contributed by atoms with Crippen molar-refractivity contribution in [2.45, 2.75) is 43.9 Å². The highest BCUT2D eigenvalue weighted by atomic mass is 35.5. The molecule has 1 atom stereocenters. The summed E-state index contributed by atoms with van der Waals surface area (Å²) in [6.07, 6.45) is -4.24. The van der Waals surface area contributed by atoms with Gasteiger partial charge in [-0.3, -0.25) is 13.9 Å². The van der Waals surface area contributed by atoms with Crippen LogP contribution in [0.3, 0.4) is 0 Å². The van der Waals surface area contributed by atoms with E-state index in [4.69, 9.17) is 16.3 Å². The van der Waals surface area contributed by atoms with Gasteiger partial charge in [0.15, 0.2) is 0 Å². The molecule has 0 spiro atoms. The number of nitrogens with one attached hydrogen (secondary N) is 1. The molecule has 0 aliphatic carbocycles. The Morgan fingerprint density at radius 2 is 1.71 bits per heavy atom. The topological polar surface area (TPSA) is 96.0 Å². The van der Waals surface area contributed by atoms with E-state index in [2.05, 4.69) is 5.32 Å². The molecule has 0 aliphatic rings. The van der Waals surface area contributed by atoms with Crippen LogP contribution in [-0.2, 0) is 32.3 Å². The van der Waals surface area contributed by atoms with E-state index in [0.717, 1.165) is 12.1 Å². The predicted molar refractivity (Wildman–Crippen MR) is 154 cm³/mol. The Hall–Kier alpha value is -3.77. The number of ether oxygens (including phenoxy) is 1. The minimum atomic E-state index is -4.89. The lowest BCUT2D eigenvalue weighted by atomic mass is 10.1. The van der Waals surface area contributed by atoms with Gasteiger partial charge in [-0.25, -0.2) is 8.42 Å². The molecule has 3 aromatic rings. The maximum absolute atomic E-state index is 13.9. The summed E-state index contributed by atoms with van der Waals surface area (Å²) in [5, 5.41) is 2.09. The molecule has 13 heteroatoms. The summed E-state index contributed by atoms with van der Waals surface area (Å²) in [7, 11) is -3.08. The maximum Gasteiger partial charge on any atom is 0.417 e. The Kier molecular flexibility index (Phi) is 10.9. The first-order valence-corrected chi connectivity index (χ1v) is 14.8. The summed E-state index contributed by atoms with van der Waals surface area (Å²) in [5.41, 5.74) is -1.10. The van der Waals surface area contributed by atoms with Crippen molar-refractivity contribution in [1.82, 2.24) is 10.2 Å². The number of amides is 2. The van der Waals surface area contributed by atoms with Crippen LogP contribution in [0.1, 0.15) is 31.4 Å². The van der Waals surface area contributed by atoms with E-state index in [9.17, 15) is 31.2 Å². The number of nitrogens with zero attached hydrogens (tertiary/aromatic N) is 2. The number of carbonyl (C=O) groups excluding carboxylic acids is 2. The van der Waals surface area contributed by atoms with Gasteiger partial charge in [0.2, 0.25) is 11.8 Å². The molecular formula is C29H31ClF3N3O5S. The van der Waals surface area contributed by atoms with E-state index >= 15 is 0 Å². The van der Waals surface area contributed by atoms with Gasteiger partial charge in [-0.1, -0.05) is 48.9 Å². The van der Waals surface area contributed by atoms with Crippen LogP contribution in [0.5, 0.6) is 5.75 Å². The second kappa shape index (κ2) is 13.9. The van der Waals surface area contributed by atoms with Gasteiger partial charge in [0.1, 0.15) is 18.3 Å². The number of sulfonamides is 1. The van der Waals surface area contributed by atoms with Crippen LogP contribution in [0.4, 0.5) is 18.9 Å². The summed E-state index contributed by atoms with van der Waals surface area (Å²) in [5.74, 6) is -0.798. The Morgan fingerprint density at radius 3 is 2.33 bits per heavy atom. The zero-order valence-electron chi connectivity index (χ0n) is 23.2. The first kappa shape index (κ1) is 32.7. The maximum atomic E-state index is 13.9. The molecule has 2 amide bonds. The molecule has 42 heavy (non-hydrogen) atoms. The number of carbonyl (C=O) groups is 2. The zero-order valence-corrected chi connectivity index (χ0v) is 24.8. The third-order valence-electron chi connectivity index (χ3n) is 6.36. The fraction of sp³-hybridized carbons (Fsp3) is 0.310. The molecule has 0 aromatic heterocycles. The molecule has 0 radical (unpaired) electrons. The monoisotopic (exact) mass is 625 g/mol. The van der Waals surface area contributed by atoms with Gasteiger partial charge < -0.3 is 15.0 Å². The molecule has 3 rings (SSSR count). The van der Waals surface area contributed by atoms with E-state index < -0.39 is 56.9 Å². The first-order chi connectivity index (χ1) is 19.8. The SMILES string of the molecule is CCCNC(=O)C(C)N(Cc1cccc(OC)c1)C(=O)CN(c1ccc(Cl)c(C(F)(F)F)c1)S(=O)(=O)c1ccccc1. The van der Waals surface area contributed by atoms with E-state index in [-0.39, 0.29) is 11.4 Å². The Morgan fingerprint density at radius 1 is 1.02 bits per heavy atom. The third kappa shape index (κ3) is 7.95. The van der Waals surface area contributed by atoms with Crippen molar-refractivity contribution >= 4 is 39.1 Å². The van der Waals surface area contributed by atoms with Gasteiger partial charge in [0.05, 0.1) is 28.3 Å². The lowest BCUT2D eigenvalue weighted by molar-refractivity contribution is -0.139. The van der Waals surface area contributed by atoms with Crippen LogP contribution < -0.4 is 14.4 Å². The Bertz CT molecular complexity index is 1500. The van der Waals surface area contributed by atoms with Crippen molar-refractivity contribution in [3.63, 3.8) is 0 Å². The van der Waals surface area contributed by atoms with Crippen molar-refractivity contribution in [3.05, 3.63) is 88.9 Å². The molecule has 1 N–H and O–H groups in total. The molecule has 0 fully saturated rings. The van der Waals surface area contributed by atoms with Crippen molar-refractivity contribution in [1.29, 1.82) is 0 Å². The molecule has 1 unspecified atom stereocenters. The molecular weight excluding hydrogens is 595 g/mol. The molecule has 0 saturated heterocycles. The van der Waals surface area contributed by atoms with Crippen LogP contribution in [0.2, 0.25) is 5.02 Å². The lowest BCUT2D eigenvalue weighted by Crippen LogP contribution is -2.51. The first-order valence-electron chi connectivity index (χ1n) is 12.9. The molecule has 0 aliphatic heterocycles. The van der Waals surface area contributed by atoms with E-state index in [0.29, 0.717) is 34.7 Å². The average Bonchev–Trinajstić information content (AvgIpc) is 2.97. The highest BCUT2D eigenvalue weighted by Crippen LogP contribution is 2.38. The second-order valence-electron chi connectivity index (χ2n) is 9.33. The van der Waals surface area contributed by atoms with Crippen molar-refractivity contribution in [2.75, 3.05) is 24.5 Å². The summed E-state index contributed by atoms with van der Waals surface area (Å²) in [6, 6.07) is 15.3. The van der Waals surface area contributed by atoms with Crippen molar-refractivity contribution < 1.29 is 35.9 Å². The third-order valence-corrected chi connectivity index (χ3v) is 8.47. The number of anilines is 1. The summed E-state index contributed by atoms with van der Waals surface area (Å²) >= 11 is 5.79. The van der Waals surface area contributed by atoms with Gasteiger partial charge in [-0.15, -0.1) is 0 Å². The summed E-state index contributed by atoms with van der Waals surface area (Å²) in [6.45, 7) is 2.70. The number of rotatable bonds is 12. The van der Waals surface area contributed by atoms with Crippen LogP contribution in [0.25, 0.3) is 0 Å². The minimum absolute atomic E-state index is 0.107. The number of halogens is 4. The van der Waals surface area contributed by atoms with E-state index in [1.807, 2.05) is 6.92 Å². The predicted octanol–water partition coefficient (Wildman–Crippen LogP) is 5.51.